The minimum Gasteiger partial charge on any atom is -0.392 e. The van der Waals surface area contributed by atoms with Crippen molar-refractivity contribution in [2.24, 2.45) is 5.73 Å². The van der Waals surface area contributed by atoms with Crippen LogP contribution in [0.5, 0.6) is 0 Å². The number of nitrogens with two attached hydrogens (primary N) is 1. The normalized spacial score (nSPS) is 11.3. The number of nitrogens with one attached hydrogen (secondary N) is 1. The summed E-state index contributed by atoms with van der Waals surface area (Å²) in [5.74, 6) is 0. The van der Waals surface area contributed by atoms with Gasteiger partial charge in [-0.2, -0.15) is 0 Å². The molecule has 0 saturated heterocycles. The molecule has 1 aromatic rings. The van der Waals surface area contributed by atoms with Gasteiger partial charge in [-0.1, -0.05) is 28.1 Å². The Kier molecular flexibility index (Phi) is 4.21. The first-order chi connectivity index (χ1) is 6.92. The summed E-state index contributed by atoms with van der Waals surface area (Å²) in [6.45, 7) is -0.0340. The van der Waals surface area contributed by atoms with Gasteiger partial charge < -0.3 is 5.73 Å². The molecule has 1 aromatic carbocycles. The molecule has 0 spiro atoms. The van der Waals surface area contributed by atoms with E-state index in [1.165, 1.54) is 12.1 Å². The Morgan fingerprint density at radius 2 is 1.93 bits per heavy atom. The molecule has 0 aliphatic heterocycles. The van der Waals surface area contributed by atoms with E-state index in [1.54, 1.807) is 12.1 Å². The van der Waals surface area contributed by atoms with Gasteiger partial charge in [0.1, 0.15) is 0 Å². The van der Waals surface area contributed by atoms with Crippen molar-refractivity contribution < 1.29 is 8.42 Å². The summed E-state index contributed by atoms with van der Waals surface area (Å²) in [5, 5.41) is 0. The van der Waals surface area contributed by atoms with Gasteiger partial charge in [-0.25, -0.2) is 13.1 Å². The van der Waals surface area contributed by atoms with Crippen LogP contribution in [0.3, 0.4) is 0 Å². The predicted molar refractivity (Wildman–Crippen MR) is 66.1 cm³/mol. The van der Waals surface area contributed by atoms with E-state index in [0.717, 1.165) is 4.47 Å². The van der Waals surface area contributed by atoms with Gasteiger partial charge in [0.15, 0.2) is 0 Å². The van der Waals surface area contributed by atoms with E-state index in [2.05, 4.69) is 32.9 Å². The number of hydrogen-bond acceptors (Lipinski definition) is 3. The molecule has 0 fully saturated rings. The fourth-order valence-electron chi connectivity index (χ4n) is 0.863. The highest BCUT2D eigenvalue weighted by Gasteiger charge is 2.12. The van der Waals surface area contributed by atoms with Crippen LogP contribution in [0.4, 0.5) is 0 Å². The van der Waals surface area contributed by atoms with Crippen LogP contribution in [0.25, 0.3) is 0 Å². The summed E-state index contributed by atoms with van der Waals surface area (Å²) in [6, 6.07) is 6.28. The zero-order chi connectivity index (χ0) is 11.5. The molecule has 4 nitrogen and oxygen atoms in total. The number of benzene rings is 1. The van der Waals surface area contributed by atoms with Gasteiger partial charge >= 0.3 is 0 Å². The Morgan fingerprint density at radius 1 is 1.40 bits per heavy atom. The van der Waals surface area contributed by atoms with Crippen LogP contribution in [0.2, 0.25) is 0 Å². The largest absolute Gasteiger partial charge is 0.392 e. The van der Waals surface area contributed by atoms with Gasteiger partial charge in [-0.3, -0.25) is 0 Å². The average Bonchev–Trinajstić information content (AvgIpc) is 2.16. The van der Waals surface area contributed by atoms with Crippen LogP contribution in [0.1, 0.15) is 0 Å². The average molecular weight is 309 g/mol. The van der Waals surface area contributed by atoms with E-state index in [9.17, 15) is 8.42 Å². The highest BCUT2D eigenvalue weighted by molar-refractivity contribution is 9.10. The number of rotatable bonds is 4. The van der Waals surface area contributed by atoms with Gasteiger partial charge in [0, 0.05) is 4.47 Å². The van der Waals surface area contributed by atoms with Crippen molar-refractivity contribution in [3.8, 4) is 0 Å². The van der Waals surface area contributed by atoms with Crippen molar-refractivity contribution in [2.75, 3.05) is 6.54 Å². The van der Waals surface area contributed by atoms with Gasteiger partial charge in [-0.05, 0) is 24.3 Å². The van der Waals surface area contributed by atoms with Crippen LogP contribution in [-0.2, 0) is 10.0 Å². The second-order valence-corrected chi connectivity index (χ2v) is 5.95. The minimum absolute atomic E-state index is 0.0340. The van der Waals surface area contributed by atoms with E-state index in [-0.39, 0.29) is 16.4 Å². The molecule has 0 unspecified atom stereocenters. The van der Waals surface area contributed by atoms with E-state index in [1.807, 2.05) is 0 Å². The second-order valence-electron chi connectivity index (χ2n) is 2.74. The molecule has 0 aliphatic rings. The molecular formula is C8H9BrN2O2S2. The molecule has 82 valence electrons. The summed E-state index contributed by atoms with van der Waals surface area (Å²) < 4.78 is 26.3. The van der Waals surface area contributed by atoms with Crippen molar-refractivity contribution in [1.29, 1.82) is 0 Å². The standard InChI is InChI=1S/C8H9BrN2O2S2/c9-6-1-3-7(4-2-6)15(12,13)11-5-8(10)14/h1-4,11H,5H2,(H2,10,14). The van der Waals surface area contributed by atoms with E-state index in [0.29, 0.717) is 0 Å². The lowest BCUT2D eigenvalue weighted by Crippen LogP contribution is -2.32. The van der Waals surface area contributed by atoms with Crippen LogP contribution >= 0.6 is 28.1 Å². The Bertz CT molecular complexity index is 456. The van der Waals surface area contributed by atoms with Crippen LogP contribution in [0.15, 0.2) is 33.6 Å². The molecule has 3 N–H and O–H groups in total. The first-order valence-electron chi connectivity index (χ1n) is 3.95. The molecule has 7 heteroatoms. The number of thiocarbonyl (C=S) groups is 1. The molecule has 0 saturated carbocycles. The Morgan fingerprint density at radius 3 is 2.40 bits per heavy atom. The molecule has 0 radical (unpaired) electrons. The maximum absolute atomic E-state index is 11.6. The van der Waals surface area contributed by atoms with Gasteiger partial charge in [0.05, 0.1) is 16.4 Å². The molecule has 0 bridgehead atoms. The zero-order valence-electron chi connectivity index (χ0n) is 7.60. The lowest BCUT2D eigenvalue weighted by molar-refractivity contribution is 0.586. The summed E-state index contributed by atoms with van der Waals surface area (Å²) in [5.41, 5.74) is 5.20. The second kappa shape index (κ2) is 5.02. The molecule has 1 rings (SSSR count). The molecule has 0 atom stereocenters. The zero-order valence-corrected chi connectivity index (χ0v) is 10.8. The van der Waals surface area contributed by atoms with Crippen LogP contribution in [-0.4, -0.2) is 20.0 Å². The minimum atomic E-state index is -3.51. The molecule has 0 heterocycles. The maximum Gasteiger partial charge on any atom is 0.240 e. The first kappa shape index (κ1) is 12.6. The fraction of sp³-hybridized carbons (Fsp3) is 0.125. The van der Waals surface area contributed by atoms with E-state index < -0.39 is 10.0 Å². The van der Waals surface area contributed by atoms with Crippen molar-refractivity contribution in [3.63, 3.8) is 0 Å². The molecule has 0 aliphatic carbocycles. The van der Waals surface area contributed by atoms with Gasteiger partial charge in [0.2, 0.25) is 10.0 Å². The summed E-state index contributed by atoms with van der Waals surface area (Å²) in [4.78, 5) is 0.289. The van der Waals surface area contributed by atoms with Crippen LogP contribution in [0, 0.1) is 0 Å². The summed E-state index contributed by atoms with van der Waals surface area (Å²) in [7, 11) is -3.51. The Hall–Kier alpha value is -0.500. The molecule has 0 aromatic heterocycles. The van der Waals surface area contributed by atoms with Crippen molar-refractivity contribution in [1.82, 2.24) is 4.72 Å². The first-order valence-corrected chi connectivity index (χ1v) is 6.64. The third-order valence-electron chi connectivity index (χ3n) is 1.56. The summed E-state index contributed by atoms with van der Waals surface area (Å²) >= 11 is 7.80. The van der Waals surface area contributed by atoms with Crippen molar-refractivity contribution in [2.45, 2.75) is 4.90 Å². The number of hydrogen-bond donors (Lipinski definition) is 2. The fourth-order valence-corrected chi connectivity index (χ4v) is 2.30. The van der Waals surface area contributed by atoms with E-state index in [4.69, 9.17) is 5.73 Å². The third-order valence-corrected chi connectivity index (χ3v) is 3.65. The van der Waals surface area contributed by atoms with Gasteiger partial charge in [0.25, 0.3) is 0 Å². The topological polar surface area (TPSA) is 72.2 Å². The predicted octanol–water partition coefficient (Wildman–Crippen LogP) is 1.01. The monoisotopic (exact) mass is 308 g/mol. The van der Waals surface area contributed by atoms with Crippen molar-refractivity contribution >= 4 is 43.2 Å². The van der Waals surface area contributed by atoms with Crippen molar-refractivity contribution in [3.05, 3.63) is 28.7 Å². The SMILES string of the molecule is NC(=S)CNS(=O)(=O)c1ccc(Br)cc1. The smallest absolute Gasteiger partial charge is 0.240 e. The highest BCUT2D eigenvalue weighted by atomic mass is 79.9. The third kappa shape index (κ3) is 3.86. The maximum atomic E-state index is 11.6. The molecule has 15 heavy (non-hydrogen) atoms. The Balaban J connectivity index is 2.87. The number of sulfonamides is 1. The highest BCUT2D eigenvalue weighted by Crippen LogP contribution is 2.14. The Labute approximate surface area is 102 Å². The lowest BCUT2D eigenvalue weighted by Gasteiger charge is -2.05. The summed E-state index contributed by atoms with van der Waals surface area (Å²) in [6.07, 6.45) is 0. The number of halogens is 1. The van der Waals surface area contributed by atoms with E-state index >= 15 is 0 Å². The molecular weight excluding hydrogens is 300 g/mol. The molecule has 0 amide bonds. The van der Waals surface area contributed by atoms with Gasteiger partial charge in [-0.15, -0.1) is 0 Å². The van der Waals surface area contributed by atoms with Crippen LogP contribution < -0.4 is 10.5 Å². The quantitative estimate of drug-likeness (QED) is 0.814. The lowest BCUT2D eigenvalue weighted by atomic mass is 10.4.